The van der Waals surface area contributed by atoms with Crippen molar-refractivity contribution in [1.82, 2.24) is 5.32 Å². The molecule has 1 aliphatic rings. The number of nitrogens with one attached hydrogen (secondary N) is 1. The number of benzene rings is 1. The van der Waals surface area contributed by atoms with Gasteiger partial charge in [0.25, 0.3) is 0 Å². The van der Waals surface area contributed by atoms with E-state index in [9.17, 15) is 4.39 Å². The Morgan fingerprint density at radius 1 is 1.53 bits per heavy atom. The summed E-state index contributed by atoms with van der Waals surface area (Å²) < 4.78 is 14.8. The fourth-order valence-electron chi connectivity index (χ4n) is 2.19. The van der Waals surface area contributed by atoms with E-state index in [1.807, 2.05) is 19.1 Å². The van der Waals surface area contributed by atoms with Crippen molar-refractivity contribution in [3.63, 3.8) is 0 Å². The average Bonchev–Trinajstić information content (AvgIpc) is 3.03. The Morgan fingerprint density at radius 2 is 2.18 bits per heavy atom. The van der Waals surface area contributed by atoms with Crippen molar-refractivity contribution in [3.8, 4) is 0 Å². The van der Waals surface area contributed by atoms with Crippen molar-refractivity contribution < 1.29 is 4.39 Å². The van der Waals surface area contributed by atoms with Crippen LogP contribution in [0.1, 0.15) is 38.3 Å². The van der Waals surface area contributed by atoms with E-state index in [2.05, 4.69) is 28.2 Å². The zero-order valence-electron chi connectivity index (χ0n) is 9.99. The van der Waals surface area contributed by atoms with Crippen molar-refractivity contribution in [2.75, 3.05) is 6.54 Å². The van der Waals surface area contributed by atoms with Gasteiger partial charge in [-0.3, -0.25) is 0 Å². The van der Waals surface area contributed by atoms with Crippen molar-refractivity contribution >= 4 is 27.5 Å². The van der Waals surface area contributed by atoms with Crippen LogP contribution >= 0.6 is 27.5 Å². The maximum atomic E-state index is 14.2. The molecule has 1 fully saturated rings. The fourth-order valence-corrected chi connectivity index (χ4v) is 2.66. The molecule has 0 aliphatic heterocycles. The smallest absolute Gasteiger partial charge is 0.147 e. The van der Waals surface area contributed by atoms with Crippen LogP contribution < -0.4 is 5.32 Å². The van der Waals surface area contributed by atoms with E-state index < -0.39 is 0 Å². The Morgan fingerprint density at radius 3 is 2.71 bits per heavy atom. The molecular weight excluding hydrogens is 305 g/mol. The van der Waals surface area contributed by atoms with E-state index in [4.69, 9.17) is 11.6 Å². The average molecular weight is 321 g/mol. The quantitative estimate of drug-likeness (QED) is 0.793. The van der Waals surface area contributed by atoms with Crippen LogP contribution in [0.4, 0.5) is 4.39 Å². The highest BCUT2D eigenvalue weighted by molar-refractivity contribution is 9.10. The minimum absolute atomic E-state index is 0.0538. The van der Waals surface area contributed by atoms with Crippen LogP contribution in [0.2, 0.25) is 5.02 Å². The second-order valence-electron chi connectivity index (χ2n) is 4.91. The lowest BCUT2D eigenvalue weighted by Crippen LogP contribution is -2.28. The van der Waals surface area contributed by atoms with E-state index in [1.54, 1.807) is 0 Å². The highest BCUT2D eigenvalue weighted by Gasteiger charge is 2.46. The fraction of sp³-hybridized carbons (Fsp3) is 0.538. The first-order chi connectivity index (χ1) is 7.99. The molecule has 0 bridgehead atoms. The van der Waals surface area contributed by atoms with Gasteiger partial charge in [0.2, 0.25) is 0 Å². The maximum Gasteiger partial charge on any atom is 0.147 e. The standard InChI is InChI=1S/C13H16BrClFN/c1-3-17-12(13(2)6-7-13)8-4-5-9(14)10(15)11(8)16/h4-5,12,17H,3,6-7H2,1-2H3. The third-order valence-corrected chi connectivity index (χ3v) is 4.78. The molecule has 1 aromatic carbocycles. The van der Waals surface area contributed by atoms with Crippen LogP contribution in [0.3, 0.4) is 0 Å². The summed E-state index contributed by atoms with van der Waals surface area (Å²) in [5.74, 6) is -0.305. The molecule has 0 radical (unpaired) electrons. The van der Waals surface area contributed by atoms with Gasteiger partial charge < -0.3 is 5.32 Å². The second-order valence-corrected chi connectivity index (χ2v) is 6.14. The van der Waals surface area contributed by atoms with Gasteiger partial charge in [0.1, 0.15) is 5.82 Å². The molecule has 4 heteroatoms. The van der Waals surface area contributed by atoms with Crippen LogP contribution in [0.25, 0.3) is 0 Å². The van der Waals surface area contributed by atoms with E-state index in [-0.39, 0.29) is 22.3 Å². The Kier molecular flexibility index (Phi) is 3.81. The Labute approximate surface area is 115 Å². The van der Waals surface area contributed by atoms with Crippen molar-refractivity contribution in [3.05, 3.63) is 33.0 Å². The van der Waals surface area contributed by atoms with E-state index in [0.717, 1.165) is 19.4 Å². The van der Waals surface area contributed by atoms with Gasteiger partial charge in [0, 0.05) is 16.1 Å². The van der Waals surface area contributed by atoms with Gasteiger partial charge in [0.05, 0.1) is 5.02 Å². The monoisotopic (exact) mass is 319 g/mol. The molecule has 0 saturated heterocycles. The molecule has 1 nitrogen and oxygen atoms in total. The van der Waals surface area contributed by atoms with Crippen LogP contribution in [0.5, 0.6) is 0 Å². The lowest BCUT2D eigenvalue weighted by molar-refractivity contribution is 0.361. The summed E-state index contributed by atoms with van der Waals surface area (Å²) in [5, 5.41) is 3.55. The molecule has 1 N–H and O–H groups in total. The summed E-state index contributed by atoms with van der Waals surface area (Å²) in [7, 11) is 0. The predicted octanol–water partition coefficient (Wildman–Crippen LogP) is 4.69. The Bertz CT molecular complexity index is 432. The van der Waals surface area contributed by atoms with Crippen LogP contribution in [-0.4, -0.2) is 6.54 Å². The zero-order chi connectivity index (χ0) is 12.6. The van der Waals surface area contributed by atoms with Crippen molar-refractivity contribution in [2.24, 2.45) is 5.41 Å². The molecule has 0 spiro atoms. The summed E-state index contributed by atoms with van der Waals surface area (Å²) in [6, 6.07) is 3.69. The molecule has 94 valence electrons. The number of hydrogen-bond acceptors (Lipinski definition) is 1. The van der Waals surface area contributed by atoms with Crippen molar-refractivity contribution in [1.29, 1.82) is 0 Å². The lowest BCUT2D eigenvalue weighted by atomic mass is 9.91. The third-order valence-electron chi connectivity index (χ3n) is 3.52. The Balaban J connectivity index is 2.40. The van der Waals surface area contributed by atoms with Gasteiger partial charge in [-0.2, -0.15) is 0 Å². The van der Waals surface area contributed by atoms with E-state index >= 15 is 0 Å². The number of rotatable bonds is 4. The first-order valence-corrected chi connectivity index (χ1v) is 7.03. The van der Waals surface area contributed by atoms with Gasteiger partial charge in [-0.1, -0.05) is 31.5 Å². The second kappa shape index (κ2) is 4.87. The summed E-state index contributed by atoms with van der Waals surface area (Å²) in [6.07, 6.45) is 2.27. The summed E-state index contributed by atoms with van der Waals surface area (Å²) in [6.45, 7) is 5.06. The van der Waals surface area contributed by atoms with Gasteiger partial charge in [-0.25, -0.2) is 4.39 Å². The van der Waals surface area contributed by atoms with Crippen LogP contribution in [0.15, 0.2) is 16.6 Å². The summed E-state index contributed by atoms with van der Waals surface area (Å²) in [4.78, 5) is 0. The topological polar surface area (TPSA) is 12.0 Å². The van der Waals surface area contributed by atoms with Gasteiger partial charge in [-0.15, -0.1) is 0 Å². The first-order valence-electron chi connectivity index (χ1n) is 5.86. The summed E-state index contributed by atoms with van der Waals surface area (Å²) in [5.41, 5.74) is 0.855. The van der Waals surface area contributed by atoms with Crippen molar-refractivity contribution in [2.45, 2.75) is 32.7 Å². The van der Waals surface area contributed by atoms with Gasteiger partial charge in [0.15, 0.2) is 0 Å². The summed E-state index contributed by atoms with van der Waals surface area (Å²) >= 11 is 9.19. The van der Waals surface area contributed by atoms with Crippen LogP contribution in [-0.2, 0) is 0 Å². The molecule has 1 atom stereocenters. The number of hydrogen-bond donors (Lipinski definition) is 1. The predicted molar refractivity (Wildman–Crippen MR) is 72.9 cm³/mol. The molecule has 0 aromatic heterocycles. The molecular formula is C13H16BrClFN. The molecule has 17 heavy (non-hydrogen) atoms. The van der Waals surface area contributed by atoms with Gasteiger partial charge in [-0.05, 0) is 46.8 Å². The molecule has 0 amide bonds. The molecule has 1 aromatic rings. The normalized spacial score (nSPS) is 19.1. The minimum Gasteiger partial charge on any atom is -0.310 e. The minimum atomic E-state index is -0.305. The van der Waals surface area contributed by atoms with E-state index in [0.29, 0.717) is 10.0 Å². The highest BCUT2D eigenvalue weighted by atomic mass is 79.9. The first kappa shape index (κ1) is 13.3. The number of halogens is 3. The Hall–Kier alpha value is -0.120. The molecule has 1 aliphatic carbocycles. The highest BCUT2D eigenvalue weighted by Crippen LogP contribution is 2.55. The zero-order valence-corrected chi connectivity index (χ0v) is 12.3. The SMILES string of the molecule is CCNC(c1ccc(Br)c(Cl)c1F)C1(C)CC1. The molecule has 2 rings (SSSR count). The molecule has 1 saturated carbocycles. The molecule has 1 unspecified atom stereocenters. The lowest BCUT2D eigenvalue weighted by Gasteiger charge is -2.25. The maximum absolute atomic E-state index is 14.2. The van der Waals surface area contributed by atoms with Crippen LogP contribution in [0, 0.1) is 11.2 Å². The largest absolute Gasteiger partial charge is 0.310 e. The molecule has 0 heterocycles. The third kappa shape index (κ3) is 2.51. The van der Waals surface area contributed by atoms with Gasteiger partial charge >= 0.3 is 0 Å². The van der Waals surface area contributed by atoms with E-state index in [1.165, 1.54) is 0 Å².